The Kier molecular flexibility index (Phi) is 3.31. The number of aromatic amines is 1. The van der Waals surface area contributed by atoms with Gasteiger partial charge in [0.25, 0.3) is 0 Å². The van der Waals surface area contributed by atoms with Crippen LogP contribution in [0.1, 0.15) is 34.8 Å². The highest BCUT2D eigenvalue weighted by Crippen LogP contribution is 2.42. The standard InChI is InChI=1S/C14H11F3N2O3/c15-14(16,17)22-10-2-1-5-18-12(10)11-8(13(20)21)6-9(19-11)7-3-4-7/h1-2,5-7,19H,3-4H2,(H,20,21). The number of carboxylic acids is 1. The van der Waals surface area contributed by atoms with Crippen molar-refractivity contribution in [3.05, 3.63) is 35.7 Å². The number of rotatable bonds is 4. The summed E-state index contributed by atoms with van der Waals surface area (Å²) in [6.45, 7) is 0. The predicted octanol–water partition coefficient (Wildman–Crippen LogP) is 3.55. The molecule has 0 saturated heterocycles. The van der Waals surface area contributed by atoms with E-state index in [0.29, 0.717) is 5.69 Å². The second-order valence-electron chi connectivity index (χ2n) is 4.99. The van der Waals surface area contributed by atoms with Crippen molar-refractivity contribution in [2.24, 2.45) is 0 Å². The minimum Gasteiger partial charge on any atom is -0.478 e. The first-order chi connectivity index (χ1) is 10.3. The molecule has 116 valence electrons. The molecule has 2 aromatic rings. The molecule has 1 aliphatic carbocycles. The summed E-state index contributed by atoms with van der Waals surface area (Å²) in [5, 5.41) is 9.26. The van der Waals surface area contributed by atoms with Crippen molar-refractivity contribution >= 4 is 5.97 Å². The van der Waals surface area contributed by atoms with Crippen LogP contribution in [0.5, 0.6) is 5.75 Å². The monoisotopic (exact) mass is 312 g/mol. The molecule has 0 bridgehead atoms. The summed E-state index contributed by atoms with van der Waals surface area (Å²) >= 11 is 0. The van der Waals surface area contributed by atoms with Gasteiger partial charge in [0, 0.05) is 11.9 Å². The molecule has 0 atom stereocenters. The summed E-state index contributed by atoms with van der Waals surface area (Å²) in [4.78, 5) is 18.1. The molecule has 1 fully saturated rings. The number of carboxylic acid groups (broad SMARTS) is 1. The van der Waals surface area contributed by atoms with Crippen molar-refractivity contribution < 1.29 is 27.8 Å². The average molecular weight is 312 g/mol. The number of H-pyrrole nitrogens is 1. The summed E-state index contributed by atoms with van der Waals surface area (Å²) in [6.07, 6.45) is -1.75. The van der Waals surface area contributed by atoms with Gasteiger partial charge in [0.2, 0.25) is 0 Å². The largest absolute Gasteiger partial charge is 0.573 e. The Bertz CT molecular complexity index is 720. The van der Waals surface area contributed by atoms with Crippen LogP contribution < -0.4 is 4.74 Å². The Hall–Kier alpha value is -2.51. The topological polar surface area (TPSA) is 75.2 Å². The highest BCUT2D eigenvalue weighted by atomic mass is 19.4. The average Bonchev–Trinajstić information content (AvgIpc) is 3.17. The van der Waals surface area contributed by atoms with E-state index >= 15 is 0 Å². The number of nitrogens with one attached hydrogen (secondary N) is 1. The number of hydrogen-bond acceptors (Lipinski definition) is 3. The van der Waals surface area contributed by atoms with Crippen LogP contribution in [0.25, 0.3) is 11.4 Å². The van der Waals surface area contributed by atoms with Crippen molar-refractivity contribution in [1.29, 1.82) is 0 Å². The van der Waals surface area contributed by atoms with Gasteiger partial charge in [-0.3, -0.25) is 4.98 Å². The van der Waals surface area contributed by atoms with E-state index < -0.39 is 18.1 Å². The third-order valence-electron chi connectivity index (χ3n) is 3.32. The van der Waals surface area contributed by atoms with Gasteiger partial charge in [-0.05, 0) is 37.0 Å². The summed E-state index contributed by atoms with van der Waals surface area (Å²) < 4.78 is 41.3. The van der Waals surface area contributed by atoms with Crippen LogP contribution in [-0.4, -0.2) is 27.4 Å². The fourth-order valence-electron chi connectivity index (χ4n) is 2.23. The van der Waals surface area contributed by atoms with Crippen LogP contribution in [-0.2, 0) is 0 Å². The maximum Gasteiger partial charge on any atom is 0.573 e. The lowest BCUT2D eigenvalue weighted by Crippen LogP contribution is -2.18. The van der Waals surface area contributed by atoms with Crippen molar-refractivity contribution in [3.63, 3.8) is 0 Å². The van der Waals surface area contributed by atoms with E-state index in [9.17, 15) is 23.1 Å². The lowest BCUT2D eigenvalue weighted by Gasteiger charge is -2.12. The number of carbonyl (C=O) groups is 1. The van der Waals surface area contributed by atoms with Gasteiger partial charge in [-0.25, -0.2) is 4.79 Å². The first-order valence-electron chi connectivity index (χ1n) is 6.52. The van der Waals surface area contributed by atoms with Gasteiger partial charge < -0.3 is 14.8 Å². The fraction of sp³-hybridized carbons (Fsp3) is 0.286. The molecule has 0 spiro atoms. The molecular formula is C14H11F3N2O3. The SMILES string of the molecule is O=C(O)c1cc(C2CC2)[nH]c1-c1ncccc1OC(F)(F)F. The van der Waals surface area contributed by atoms with E-state index in [1.807, 2.05) is 0 Å². The highest BCUT2D eigenvalue weighted by Gasteiger charge is 2.34. The Morgan fingerprint density at radius 2 is 2.14 bits per heavy atom. The number of aromatic carboxylic acids is 1. The number of ether oxygens (including phenoxy) is 1. The van der Waals surface area contributed by atoms with Gasteiger partial charge in [0.15, 0.2) is 5.75 Å². The molecule has 8 heteroatoms. The molecule has 3 rings (SSSR count). The third-order valence-corrected chi connectivity index (χ3v) is 3.32. The minimum absolute atomic E-state index is 0.0225. The van der Waals surface area contributed by atoms with Crippen molar-refractivity contribution in [2.75, 3.05) is 0 Å². The number of hydrogen-bond donors (Lipinski definition) is 2. The van der Waals surface area contributed by atoms with E-state index in [0.717, 1.165) is 18.9 Å². The van der Waals surface area contributed by atoms with E-state index in [4.69, 9.17) is 0 Å². The van der Waals surface area contributed by atoms with Gasteiger partial charge >= 0.3 is 12.3 Å². The van der Waals surface area contributed by atoms with Gasteiger partial charge in [-0.15, -0.1) is 13.2 Å². The van der Waals surface area contributed by atoms with Crippen molar-refractivity contribution in [3.8, 4) is 17.1 Å². The number of nitrogens with zero attached hydrogens (tertiary/aromatic N) is 1. The number of alkyl halides is 3. The van der Waals surface area contributed by atoms with Gasteiger partial charge in [-0.2, -0.15) is 0 Å². The summed E-state index contributed by atoms with van der Waals surface area (Å²) in [5.41, 5.74) is 0.419. The first-order valence-corrected chi connectivity index (χ1v) is 6.52. The van der Waals surface area contributed by atoms with Crippen LogP contribution in [0.3, 0.4) is 0 Å². The van der Waals surface area contributed by atoms with Crippen molar-refractivity contribution in [2.45, 2.75) is 25.1 Å². The van der Waals surface area contributed by atoms with Gasteiger partial charge in [0.05, 0.1) is 11.3 Å². The van der Waals surface area contributed by atoms with Crippen LogP contribution in [0, 0.1) is 0 Å². The molecule has 0 aliphatic heterocycles. The Morgan fingerprint density at radius 3 is 2.73 bits per heavy atom. The normalized spacial score (nSPS) is 14.9. The molecule has 0 radical (unpaired) electrons. The quantitative estimate of drug-likeness (QED) is 0.905. The molecular weight excluding hydrogens is 301 g/mol. The second-order valence-corrected chi connectivity index (χ2v) is 4.99. The summed E-state index contributed by atoms with van der Waals surface area (Å²) in [7, 11) is 0. The number of pyridine rings is 1. The molecule has 5 nitrogen and oxygen atoms in total. The predicted molar refractivity (Wildman–Crippen MR) is 69.6 cm³/mol. The summed E-state index contributed by atoms with van der Waals surface area (Å²) in [5.74, 6) is -1.55. The zero-order chi connectivity index (χ0) is 15.9. The van der Waals surface area contributed by atoms with E-state index in [-0.39, 0.29) is 22.9 Å². The first kappa shape index (κ1) is 14.4. The maximum absolute atomic E-state index is 12.5. The van der Waals surface area contributed by atoms with E-state index in [2.05, 4.69) is 14.7 Å². The van der Waals surface area contributed by atoms with E-state index in [1.54, 1.807) is 0 Å². The lowest BCUT2D eigenvalue weighted by atomic mass is 10.1. The Morgan fingerprint density at radius 1 is 1.41 bits per heavy atom. The van der Waals surface area contributed by atoms with Crippen molar-refractivity contribution in [1.82, 2.24) is 9.97 Å². The molecule has 0 aromatic carbocycles. The lowest BCUT2D eigenvalue weighted by molar-refractivity contribution is -0.274. The molecule has 2 heterocycles. The zero-order valence-electron chi connectivity index (χ0n) is 11.1. The van der Waals surface area contributed by atoms with Gasteiger partial charge in [0.1, 0.15) is 5.69 Å². The maximum atomic E-state index is 12.5. The molecule has 1 saturated carbocycles. The molecule has 0 amide bonds. The zero-order valence-corrected chi connectivity index (χ0v) is 11.1. The fourth-order valence-corrected chi connectivity index (χ4v) is 2.23. The van der Waals surface area contributed by atoms with Crippen LogP contribution in [0.2, 0.25) is 0 Å². The molecule has 0 unspecified atom stereocenters. The smallest absolute Gasteiger partial charge is 0.478 e. The number of halogens is 3. The molecule has 1 aliphatic rings. The Balaban J connectivity index is 2.09. The number of aromatic nitrogens is 2. The van der Waals surface area contributed by atoms with E-state index in [1.165, 1.54) is 18.3 Å². The Labute approximate surface area is 122 Å². The van der Waals surface area contributed by atoms with Crippen LogP contribution in [0.15, 0.2) is 24.4 Å². The van der Waals surface area contributed by atoms with Crippen LogP contribution in [0.4, 0.5) is 13.2 Å². The highest BCUT2D eigenvalue weighted by molar-refractivity contribution is 5.95. The summed E-state index contributed by atoms with van der Waals surface area (Å²) in [6, 6.07) is 3.83. The molecule has 2 aromatic heterocycles. The third kappa shape index (κ3) is 2.90. The van der Waals surface area contributed by atoms with Crippen LogP contribution >= 0.6 is 0 Å². The second kappa shape index (κ2) is 5.04. The minimum atomic E-state index is -4.88. The molecule has 22 heavy (non-hydrogen) atoms. The molecule has 2 N–H and O–H groups in total. The van der Waals surface area contributed by atoms with Gasteiger partial charge in [-0.1, -0.05) is 0 Å².